The molecule has 0 radical (unpaired) electrons. The summed E-state index contributed by atoms with van der Waals surface area (Å²) in [5.74, 6) is 1.55. The van der Waals surface area contributed by atoms with E-state index in [9.17, 15) is 22.6 Å². The minimum atomic E-state index is -4.48. The van der Waals surface area contributed by atoms with Gasteiger partial charge in [-0.25, -0.2) is 0 Å². The van der Waals surface area contributed by atoms with Gasteiger partial charge >= 0.3 is 0 Å². The number of methoxy groups -OCH3 is 1. The van der Waals surface area contributed by atoms with Crippen molar-refractivity contribution < 1.29 is 32.0 Å². The number of ketones is 2. The molecular formula is C52H46O7S. The van der Waals surface area contributed by atoms with Gasteiger partial charge in [-0.2, -0.15) is 8.42 Å². The summed E-state index contributed by atoms with van der Waals surface area (Å²) in [6.45, 7) is 10.8. The molecular weight excluding hydrogens is 769 g/mol. The molecule has 8 heteroatoms. The maximum Gasteiger partial charge on any atom is 0.294 e. The van der Waals surface area contributed by atoms with E-state index in [1.165, 1.54) is 34.9 Å². The highest BCUT2D eigenvalue weighted by atomic mass is 32.2. The normalized spacial score (nSPS) is 11.8. The van der Waals surface area contributed by atoms with Gasteiger partial charge < -0.3 is 9.47 Å². The van der Waals surface area contributed by atoms with Crippen LogP contribution in [-0.4, -0.2) is 31.6 Å². The summed E-state index contributed by atoms with van der Waals surface area (Å²) >= 11 is 0. The van der Waals surface area contributed by atoms with Gasteiger partial charge in [0, 0.05) is 33.1 Å². The zero-order valence-corrected chi connectivity index (χ0v) is 35.2. The number of benzene rings is 7. The van der Waals surface area contributed by atoms with Crippen molar-refractivity contribution in [1.29, 1.82) is 0 Å². The van der Waals surface area contributed by atoms with Crippen LogP contribution in [0.3, 0.4) is 0 Å². The lowest BCUT2D eigenvalue weighted by Crippen LogP contribution is -2.22. The van der Waals surface area contributed by atoms with Crippen LogP contribution in [0.2, 0.25) is 0 Å². The molecule has 0 aromatic heterocycles. The molecule has 302 valence electrons. The summed E-state index contributed by atoms with van der Waals surface area (Å²) in [6, 6.07) is 49.9. The van der Waals surface area contributed by atoms with Crippen molar-refractivity contribution >= 4 is 21.7 Å². The van der Waals surface area contributed by atoms with Gasteiger partial charge in [-0.1, -0.05) is 130 Å². The Hall–Kier alpha value is -6.61. The van der Waals surface area contributed by atoms with E-state index in [1.54, 1.807) is 61.7 Å². The lowest BCUT2D eigenvalue weighted by atomic mass is 9.73. The van der Waals surface area contributed by atoms with Gasteiger partial charge in [-0.15, -0.1) is 0 Å². The lowest BCUT2D eigenvalue weighted by Gasteiger charge is -2.31. The Bertz CT molecular complexity index is 2800. The number of hydrogen-bond donors (Lipinski definition) is 1. The fourth-order valence-electron chi connectivity index (χ4n) is 7.41. The minimum Gasteiger partial charge on any atom is -0.497 e. The monoisotopic (exact) mass is 814 g/mol. The Kier molecular flexibility index (Phi) is 11.5. The van der Waals surface area contributed by atoms with Crippen LogP contribution in [0.4, 0.5) is 0 Å². The average Bonchev–Trinajstić information content (AvgIpc) is 3.26. The SMILES string of the molecule is COc1ccc(C(C)(C)c2cccc(C(C)(C)c3ccc(Oc4ccc(C(=O)c5ccc(-c6ccc(C)cc6C(=O)c6cccc(S(=O)(=O)O)c6)cc5)cc4)cc3)c2)cc1. The van der Waals surface area contributed by atoms with E-state index in [0.29, 0.717) is 39.3 Å². The molecule has 0 fully saturated rings. The quantitative estimate of drug-likeness (QED) is 0.0912. The first-order chi connectivity index (χ1) is 28.5. The van der Waals surface area contributed by atoms with Gasteiger partial charge in [-0.3, -0.25) is 14.1 Å². The zero-order valence-electron chi connectivity index (χ0n) is 34.4. The van der Waals surface area contributed by atoms with Crippen molar-refractivity contribution in [2.45, 2.75) is 50.3 Å². The molecule has 1 N–H and O–H groups in total. The third-order valence-electron chi connectivity index (χ3n) is 11.3. The third-order valence-corrected chi connectivity index (χ3v) is 12.2. The molecule has 7 aromatic rings. The van der Waals surface area contributed by atoms with Crippen molar-refractivity contribution in [3.63, 3.8) is 0 Å². The van der Waals surface area contributed by atoms with Crippen LogP contribution in [0.1, 0.15) is 87.4 Å². The van der Waals surface area contributed by atoms with E-state index in [2.05, 4.69) is 76.2 Å². The van der Waals surface area contributed by atoms with Gasteiger partial charge in [0.2, 0.25) is 0 Å². The average molecular weight is 815 g/mol. The predicted octanol–water partition coefficient (Wildman–Crippen LogP) is 11.8. The maximum absolute atomic E-state index is 13.6. The van der Waals surface area contributed by atoms with E-state index in [1.807, 2.05) is 43.3 Å². The number of aryl methyl sites for hydroxylation is 1. The van der Waals surface area contributed by atoms with Gasteiger partial charge in [-0.05, 0) is 107 Å². The summed E-state index contributed by atoms with van der Waals surface area (Å²) in [6.07, 6.45) is 0. The highest BCUT2D eigenvalue weighted by Gasteiger charge is 2.28. The van der Waals surface area contributed by atoms with E-state index < -0.39 is 15.9 Å². The molecule has 0 spiro atoms. The first-order valence-corrected chi connectivity index (χ1v) is 21.0. The fourth-order valence-corrected chi connectivity index (χ4v) is 7.93. The van der Waals surface area contributed by atoms with Gasteiger partial charge in [0.05, 0.1) is 12.0 Å². The molecule has 0 amide bonds. The molecule has 0 aliphatic rings. The van der Waals surface area contributed by atoms with Crippen molar-refractivity contribution in [2.75, 3.05) is 7.11 Å². The Balaban J connectivity index is 1.02. The van der Waals surface area contributed by atoms with Crippen LogP contribution < -0.4 is 9.47 Å². The number of carbonyl (C=O) groups is 2. The second-order valence-corrected chi connectivity index (χ2v) is 17.4. The lowest BCUT2D eigenvalue weighted by molar-refractivity contribution is 0.103. The van der Waals surface area contributed by atoms with Crippen LogP contribution in [0.5, 0.6) is 17.2 Å². The maximum atomic E-state index is 13.6. The second kappa shape index (κ2) is 16.6. The zero-order chi connectivity index (χ0) is 42.8. The number of hydrogen-bond acceptors (Lipinski definition) is 6. The Morgan fingerprint density at radius 2 is 1.02 bits per heavy atom. The molecule has 60 heavy (non-hydrogen) atoms. The van der Waals surface area contributed by atoms with Gasteiger partial charge in [0.25, 0.3) is 10.1 Å². The van der Waals surface area contributed by atoms with E-state index in [0.717, 1.165) is 22.9 Å². The second-order valence-electron chi connectivity index (χ2n) is 16.0. The van der Waals surface area contributed by atoms with Gasteiger partial charge in [0.15, 0.2) is 11.6 Å². The molecule has 0 saturated heterocycles. The van der Waals surface area contributed by atoms with Crippen LogP contribution in [-0.2, 0) is 20.9 Å². The summed E-state index contributed by atoms with van der Waals surface area (Å²) < 4.78 is 44.5. The van der Waals surface area contributed by atoms with Crippen molar-refractivity contribution in [2.24, 2.45) is 0 Å². The molecule has 0 atom stereocenters. The highest BCUT2D eigenvalue weighted by Crippen LogP contribution is 2.38. The number of ether oxygens (including phenoxy) is 2. The number of rotatable bonds is 13. The van der Waals surface area contributed by atoms with E-state index in [-0.39, 0.29) is 27.1 Å². The minimum absolute atomic E-state index is 0.125. The van der Waals surface area contributed by atoms with Crippen LogP contribution in [0.25, 0.3) is 11.1 Å². The van der Waals surface area contributed by atoms with Crippen LogP contribution >= 0.6 is 0 Å². The smallest absolute Gasteiger partial charge is 0.294 e. The van der Waals surface area contributed by atoms with Crippen LogP contribution in [0, 0.1) is 6.92 Å². The molecule has 0 bridgehead atoms. The summed E-state index contributed by atoms with van der Waals surface area (Å²) in [7, 11) is -2.81. The molecule has 7 rings (SSSR count). The summed E-state index contributed by atoms with van der Waals surface area (Å²) in [5.41, 5.74) is 7.96. The molecule has 0 aliphatic heterocycles. The molecule has 0 unspecified atom stereocenters. The van der Waals surface area contributed by atoms with E-state index >= 15 is 0 Å². The largest absolute Gasteiger partial charge is 0.497 e. The predicted molar refractivity (Wildman–Crippen MR) is 236 cm³/mol. The summed E-state index contributed by atoms with van der Waals surface area (Å²) in [5, 5.41) is 0. The first kappa shape index (κ1) is 41.5. The van der Waals surface area contributed by atoms with Crippen molar-refractivity contribution in [3.05, 3.63) is 214 Å². The number of carbonyl (C=O) groups excluding carboxylic acids is 2. The Morgan fingerprint density at radius 3 is 1.55 bits per heavy atom. The molecule has 7 nitrogen and oxygen atoms in total. The molecule has 7 aromatic carbocycles. The fraction of sp³-hybridized carbons (Fsp3) is 0.154. The highest BCUT2D eigenvalue weighted by molar-refractivity contribution is 7.85. The molecule has 0 heterocycles. The van der Waals surface area contributed by atoms with E-state index in [4.69, 9.17) is 9.47 Å². The Morgan fingerprint density at radius 1 is 0.517 bits per heavy atom. The molecule has 0 saturated carbocycles. The van der Waals surface area contributed by atoms with Crippen molar-refractivity contribution in [1.82, 2.24) is 0 Å². The summed E-state index contributed by atoms with van der Waals surface area (Å²) in [4.78, 5) is 26.8. The van der Waals surface area contributed by atoms with Crippen LogP contribution in [0.15, 0.2) is 169 Å². The molecule has 0 aliphatic carbocycles. The third kappa shape index (κ3) is 8.71. The topological polar surface area (TPSA) is 107 Å². The van der Waals surface area contributed by atoms with Gasteiger partial charge in [0.1, 0.15) is 17.2 Å². The van der Waals surface area contributed by atoms with Crippen molar-refractivity contribution in [3.8, 4) is 28.4 Å². The standard InChI is InChI=1S/C52H46O7S/c1-34-13-30-47(48(31-34)50(54)38-9-7-12-46(32-38)60(55,56)57)35-14-16-36(17-15-35)49(53)37-18-24-44(25-19-37)59-45-28-22-40(23-29-45)52(4,5)42-11-8-10-41(33-42)51(2,3)39-20-26-43(58-6)27-21-39/h7-33H,1-6H3,(H,55,56,57). The first-order valence-electron chi connectivity index (χ1n) is 19.6. The Labute approximate surface area is 352 Å².